The number of aromatic nitrogens is 4. The van der Waals surface area contributed by atoms with Gasteiger partial charge in [0.1, 0.15) is 6.61 Å². The second-order valence-corrected chi connectivity index (χ2v) is 2.68. The van der Waals surface area contributed by atoms with Gasteiger partial charge in [-0.05, 0) is 20.6 Å². The lowest BCUT2D eigenvalue weighted by Gasteiger charge is -1.99. The van der Waals surface area contributed by atoms with Crippen molar-refractivity contribution < 1.29 is 18.7 Å². The van der Waals surface area contributed by atoms with Gasteiger partial charge in [-0.2, -0.15) is 0 Å². The van der Waals surface area contributed by atoms with Crippen LogP contribution in [0.15, 0.2) is 9.26 Å². The number of nitrogens with two attached hydrogens (primary N) is 1. The van der Waals surface area contributed by atoms with E-state index in [4.69, 9.17) is 15.2 Å². The monoisotopic (exact) mass is 227 g/mol. The molecule has 2 heterocycles. The SMILES string of the molecule is COc1nonc1-c1nonc1OCCN. The second kappa shape index (κ2) is 4.57. The Balaban J connectivity index is 2.29. The van der Waals surface area contributed by atoms with Gasteiger partial charge in [-0.25, -0.2) is 9.26 Å². The standard InChI is InChI=1S/C7H9N5O4/c1-13-6-4(9-15-11-6)5-7(12-16-10-5)14-3-2-8/h2-3,8H2,1H3. The lowest BCUT2D eigenvalue weighted by atomic mass is 10.3. The fraction of sp³-hybridized carbons (Fsp3) is 0.429. The summed E-state index contributed by atoms with van der Waals surface area (Å²) in [7, 11) is 1.43. The maximum Gasteiger partial charge on any atom is 0.285 e. The van der Waals surface area contributed by atoms with Crippen molar-refractivity contribution in [3.8, 4) is 23.1 Å². The molecule has 0 fully saturated rings. The molecule has 0 saturated heterocycles. The van der Waals surface area contributed by atoms with Crippen molar-refractivity contribution in [1.29, 1.82) is 0 Å². The van der Waals surface area contributed by atoms with Crippen molar-refractivity contribution >= 4 is 0 Å². The maximum absolute atomic E-state index is 5.29. The molecule has 86 valence electrons. The Morgan fingerprint density at radius 3 is 2.31 bits per heavy atom. The molecule has 9 nitrogen and oxygen atoms in total. The first-order valence-electron chi connectivity index (χ1n) is 4.39. The van der Waals surface area contributed by atoms with Gasteiger partial charge in [-0.15, -0.1) is 0 Å². The van der Waals surface area contributed by atoms with Gasteiger partial charge >= 0.3 is 0 Å². The minimum absolute atomic E-state index is 0.166. The van der Waals surface area contributed by atoms with E-state index in [2.05, 4.69) is 29.9 Å². The first-order valence-corrected chi connectivity index (χ1v) is 4.39. The number of hydrogen-bond acceptors (Lipinski definition) is 9. The van der Waals surface area contributed by atoms with Crippen LogP contribution in [-0.2, 0) is 0 Å². The molecule has 2 aromatic rings. The van der Waals surface area contributed by atoms with E-state index in [0.29, 0.717) is 6.54 Å². The molecule has 0 atom stereocenters. The summed E-state index contributed by atoms with van der Waals surface area (Å²) in [5.41, 5.74) is 5.81. The summed E-state index contributed by atoms with van der Waals surface area (Å²) in [4.78, 5) is 0. The zero-order valence-electron chi connectivity index (χ0n) is 8.41. The normalized spacial score (nSPS) is 10.4. The molecule has 0 aliphatic heterocycles. The van der Waals surface area contributed by atoms with Gasteiger partial charge in [0.25, 0.3) is 11.8 Å². The number of ether oxygens (including phenoxy) is 2. The Labute approximate surface area is 89.4 Å². The van der Waals surface area contributed by atoms with Crippen LogP contribution in [0.1, 0.15) is 0 Å². The molecule has 2 N–H and O–H groups in total. The number of methoxy groups -OCH3 is 1. The zero-order chi connectivity index (χ0) is 11.4. The van der Waals surface area contributed by atoms with Crippen LogP contribution >= 0.6 is 0 Å². The molecular weight excluding hydrogens is 218 g/mol. The van der Waals surface area contributed by atoms with Gasteiger partial charge in [0, 0.05) is 6.54 Å². The average Bonchev–Trinajstić information content (AvgIpc) is 2.93. The van der Waals surface area contributed by atoms with Crippen molar-refractivity contribution in [2.75, 3.05) is 20.3 Å². The Morgan fingerprint density at radius 2 is 1.69 bits per heavy atom. The lowest BCUT2D eigenvalue weighted by Crippen LogP contribution is -2.11. The number of hydrogen-bond donors (Lipinski definition) is 1. The predicted molar refractivity (Wildman–Crippen MR) is 48.7 cm³/mol. The van der Waals surface area contributed by atoms with E-state index in [0.717, 1.165) is 0 Å². The summed E-state index contributed by atoms with van der Waals surface area (Å²) in [6.45, 7) is 0.634. The molecule has 0 aromatic carbocycles. The number of nitrogens with zero attached hydrogens (tertiary/aromatic N) is 4. The molecule has 2 rings (SSSR count). The van der Waals surface area contributed by atoms with Gasteiger partial charge in [-0.3, -0.25) is 0 Å². The third-order valence-corrected chi connectivity index (χ3v) is 1.69. The molecule has 0 bridgehead atoms. The highest BCUT2D eigenvalue weighted by atomic mass is 16.6. The van der Waals surface area contributed by atoms with Crippen molar-refractivity contribution in [3.05, 3.63) is 0 Å². The van der Waals surface area contributed by atoms with Crippen LogP contribution < -0.4 is 15.2 Å². The first-order chi connectivity index (χ1) is 7.86. The van der Waals surface area contributed by atoms with Crippen molar-refractivity contribution in [2.24, 2.45) is 5.73 Å². The van der Waals surface area contributed by atoms with E-state index in [1.165, 1.54) is 7.11 Å². The van der Waals surface area contributed by atoms with E-state index in [1.807, 2.05) is 0 Å². The van der Waals surface area contributed by atoms with E-state index in [9.17, 15) is 0 Å². The van der Waals surface area contributed by atoms with Crippen LogP contribution in [0.5, 0.6) is 11.8 Å². The van der Waals surface area contributed by atoms with Crippen LogP contribution in [0.2, 0.25) is 0 Å². The summed E-state index contributed by atoms with van der Waals surface area (Å²) < 4.78 is 19.1. The topological polar surface area (TPSA) is 122 Å². The van der Waals surface area contributed by atoms with Crippen LogP contribution in [0.4, 0.5) is 0 Å². The average molecular weight is 227 g/mol. The van der Waals surface area contributed by atoms with Gasteiger partial charge in [0.05, 0.1) is 7.11 Å². The highest BCUT2D eigenvalue weighted by Crippen LogP contribution is 2.30. The highest BCUT2D eigenvalue weighted by molar-refractivity contribution is 5.63. The van der Waals surface area contributed by atoms with Gasteiger partial charge in [0.15, 0.2) is 0 Å². The Bertz CT molecular complexity index is 453. The van der Waals surface area contributed by atoms with Gasteiger partial charge in [-0.1, -0.05) is 0 Å². The summed E-state index contributed by atoms with van der Waals surface area (Å²) in [5, 5.41) is 14.3. The van der Waals surface area contributed by atoms with Crippen molar-refractivity contribution in [3.63, 3.8) is 0 Å². The van der Waals surface area contributed by atoms with Gasteiger partial charge < -0.3 is 15.2 Å². The zero-order valence-corrected chi connectivity index (χ0v) is 8.41. The van der Waals surface area contributed by atoms with E-state index in [1.54, 1.807) is 0 Å². The molecule has 0 aliphatic carbocycles. The lowest BCUT2D eigenvalue weighted by molar-refractivity contribution is 0.260. The van der Waals surface area contributed by atoms with Crippen molar-refractivity contribution in [1.82, 2.24) is 20.6 Å². The van der Waals surface area contributed by atoms with Crippen LogP contribution in [0.3, 0.4) is 0 Å². The van der Waals surface area contributed by atoms with E-state index >= 15 is 0 Å². The third kappa shape index (κ3) is 1.80. The third-order valence-electron chi connectivity index (χ3n) is 1.69. The Kier molecular flexibility index (Phi) is 2.96. The fourth-order valence-corrected chi connectivity index (χ4v) is 1.03. The molecule has 0 spiro atoms. The predicted octanol–water partition coefficient (Wildman–Crippen LogP) is -0.534. The molecule has 0 aliphatic rings. The smallest absolute Gasteiger partial charge is 0.285 e. The molecule has 2 aromatic heterocycles. The fourth-order valence-electron chi connectivity index (χ4n) is 1.03. The molecule has 16 heavy (non-hydrogen) atoms. The molecule has 0 radical (unpaired) electrons. The Hall–Kier alpha value is -2.16. The van der Waals surface area contributed by atoms with Gasteiger partial charge in [0.2, 0.25) is 11.4 Å². The van der Waals surface area contributed by atoms with Crippen LogP contribution in [-0.4, -0.2) is 40.9 Å². The summed E-state index contributed by atoms with van der Waals surface area (Å²) in [6, 6.07) is 0. The van der Waals surface area contributed by atoms with E-state index in [-0.39, 0.29) is 29.8 Å². The van der Waals surface area contributed by atoms with Crippen LogP contribution in [0, 0.1) is 0 Å². The minimum atomic E-state index is 0.166. The molecule has 0 saturated carbocycles. The van der Waals surface area contributed by atoms with Crippen molar-refractivity contribution in [2.45, 2.75) is 0 Å². The Morgan fingerprint density at radius 1 is 1.06 bits per heavy atom. The van der Waals surface area contributed by atoms with E-state index < -0.39 is 0 Å². The highest BCUT2D eigenvalue weighted by Gasteiger charge is 2.22. The second-order valence-electron chi connectivity index (χ2n) is 2.68. The first kappa shape index (κ1) is 10.4. The molecule has 9 heteroatoms. The summed E-state index contributed by atoms with van der Waals surface area (Å²) >= 11 is 0. The largest absolute Gasteiger partial charge is 0.477 e. The maximum atomic E-state index is 5.29. The molecule has 0 amide bonds. The minimum Gasteiger partial charge on any atom is -0.477 e. The summed E-state index contributed by atoms with van der Waals surface area (Å²) in [5.74, 6) is 0.341. The molecular formula is C7H9N5O4. The molecule has 0 unspecified atom stereocenters. The quantitative estimate of drug-likeness (QED) is 0.717. The van der Waals surface area contributed by atoms with Crippen LogP contribution in [0.25, 0.3) is 11.4 Å². The number of rotatable bonds is 5. The summed E-state index contributed by atoms with van der Waals surface area (Å²) in [6.07, 6.45) is 0.